The summed E-state index contributed by atoms with van der Waals surface area (Å²) in [4.78, 5) is 14.5. The standard InChI is InChI=1S/C9H8N2O3/c12-6-1-2-7-8(3-6)11(5-10-7)4-9(13)14/h1-3,5,12H,4H2,(H,13,14). The Morgan fingerprint density at radius 3 is 3.00 bits per heavy atom. The van der Waals surface area contributed by atoms with Crippen LogP contribution in [0.2, 0.25) is 0 Å². The third-order valence-corrected chi connectivity index (χ3v) is 1.91. The lowest BCUT2D eigenvalue weighted by molar-refractivity contribution is -0.137. The van der Waals surface area contributed by atoms with E-state index in [0.29, 0.717) is 11.0 Å². The summed E-state index contributed by atoms with van der Waals surface area (Å²) in [6.07, 6.45) is 1.44. The highest BCUT2D eigenvalue weighted by molar-refractivity contribution is 5.78. The first-order chi connectivity index (χ1) is 6.66. The first-order valence-corrected chi connectivity index (χ1v) is 4.02. The van der Waals surface area contributed by atoms with Gasteiger partial charge in [0.1, 0.15) is 12.3 Å². The fraction of sp³-hybridized carbons (Fsp3) is 0.111. The van der Waals surface area contributed by atoms with Crippen LogP contribution < -0.4 is 0 Å². The molecule has 1 heterocycles. The van der Waals surface area contributed by atoms with Crippen molar-refractivity contribution in [2.24, 2.45) is 0 Å². The van der Waals surface area contributed by atoms with E-state index in [2.05, 4.69) is 4.98 Å². The Morgan fingerprint density at radius 1 is 1.50 bits per heavy atom. The maximum atomic E-state index is 10.5. The van der Waals surface area contributed by atoms with Gasteiger partial charge in [-0.3, -0.25) is 4.79 Å². The number of carboxylic acid groups (broad SMARTS) is 1. The number of phenolic OH excluding ortho intramolecular Hbond substituents is 1. The molecule has 72 valence electrons. The number of hydrogen-bond donors (Lipinski definition) is 2. The number of carboxylic acids is 1. The van der Waals surface area contributed by atoms with Crippen molar-refractivity contribution >= 4 is 17.0 Å². The Balaban J connectivity index is 2.55. The molecule has 2 N–H and O–H groups in total. The van der Waals surface area contributed by atoms with E-state index in [1.54, 1.807) is 6.07 Å². The molecule has 0 saturated heterocycles. The van der Waals surface area contributed by atoms with E-state index < -0.39 is 5.97 Å². The molecule has 0 amide bonds. The van der Waals surface area contributed by atoms with Gasteiger partial charge in [0, 0.05) is 6.07 Å². The van der Waals surface area contributed by atoms with Crippen LogP contribution in [0.25, 0.3) is 11.0 Å². The Labute approximate surface area is 79.2 Å². The van der Waals surface area contributed by atoms with Gasteiger partial charge in [0.05, 0.1) is 17.4 Å². The summed E-state index contributed by atoms with van der Waals surface area (Å²) in [7, 11) is 0. The van der Waals surface area contributed by atoms with Crippen LogP contribution >= 0.6 is 0 Å². The quantitative estimate of drug-likeness (QED) is 0.738. The molecule has 2 aromatic rings. The van der Waals surface area contributed by atoms with Crippen LogP contribution in [0.3, 0.4) is 0 Å². The van der Waals surface area contributed by atoms with Gasteiger partial charge in [-0.25, -0.2) is 4.98 Å². The second kappa shape index (κ2) is 3.02. The van der Waals surface area contributed by atoms with Gasteiger partial charge in [-0.15, -0.1) is 0 Å². The average Bonchev–Trinajstić information content (AvgIpc) is 2.47. The first-order valence-electron chi connectivity index (χ1n) is 4.02. The van der Waals surface area contributed by atoms with Crippen molar-refractivity contribution in [3.63, 3.8) is 0 Å². The van der Waals surface area contributed by atoms with Crippen molar-refractivity contribution in [2.75, 3.05) is 0 Å². The van der Waals surface area contributed by atoms with Gasteiger partial charge < -0.3 is 14.8 Å². The molecule has 1 aromatic heterocycles. The summed E-state index contributed by atoms with van der Waals surface area (Å²) in [5.41, 5.74) is 1.29. The lowest BCUT2D eigenvalue weighted by atomic mass is 10.3. The highest BCUT2D eigenvalue weighted by Gasteiger charge is 2.05. The first kappa shape index (κ1) is 8.55. The molecule has 0 unspecified atom stereocenters. The van der Waals surface area contributed by atoms with E-state index in [1.807, 2.05) is 0 Å². The number of aliphatic carboxylic acids is 1. The minimum atomic E-state index is -0.937. The van der Waals surface area contributed by atoms with E-state index in [-0.39, 0.29) is 12.3 Å². The smallest absolute Gasteiger partial charge is 0.323 e. The van der Waals surface area contributed by atoms with Crippen LogP contribution in [0, 0.1) is 0 Å². The fourth-order valence-electron chi connectivity index (χ4n) is 1.32. The maximum absolute atomic E-state index is 10.5. The largest absolute Gasteiger partial charge is 0.508 e. The topological polar surface area (TPSA) is 75.3 Å². The van der Waals surface area contributed by atoms with E-state index in [1.165, 1.54) is 23.0 Å². The number of phenols is 1. The molecule has 0 radical (unpaired) electrons. The Kier molecular flexibility index (Phi) is 1.85. The highest BCUT2D eigenvalue weighted by Crippen LogP contribution is 2.18. The average molecular weight is 192 g/mol. The van der Waals surface area contributed by atoms with Gasteiger partial charge in [-0.1, -0.05) is 0 Å². The summed E-state index contributed by atoms with van der Waals surface area (Å²) >= 11 is 0. The molecule has 0 aliphatic rings. The zero-order valence-corrected chi connectivity index (χ0v) is 7.21. The van der Waals surface area contributed by atoms with Crippen molar-refractivity contribution in [3.05, 3.63) is 24.5 Å². The van der Waals surface area contributed by atoms with Crippen LogP contribution in [-0.4, -0.2) is 25.7 Å². The van der Waals surface area contributed by atoms with Gasteiger partial charge >= 0.3 is 5.97 Å². The monoisotopic (exact) mass is 192 g/mol. The number of fused-ring (bicyclic) bond motifs is 1. The van der Waals surface area contributed by atoms with Crippen LogP contribution in [0.1, 0.15) is 0 Å². The van der Waals surface area contributed by atoms with Crippen molar-refractivity contribution in [1.82, 2.24) is 9.55 Å². The zero-order chi connectivity index (χ0) is 10.1. The molecular formula is C9H8N2O3. The van der Waals surface area contributed by atoms with Gasteiger partial charge in [0.15, 0.2) is 0 Å². The van der Waals surface area contributed by atoms with Gasteiger partial charge in [0.2, 0.25) is 0 Å². The summed E-state index contributed by atoms with van der Waals surface area (Å²) in [5.74, 6) is -0.836. The molecule has 0 bridgehead atoms. The number of nitrogens with zero attached hydrogens (tertiary/aromatic N) is 2. The number of hydrogen-bond acceptors (Lipinski definition) is 3. The number of benzene rings is 1. The number of aromatic nitrogens is 2. The van der Waals surface area contributed by atoms with E-state index in [0.717, 1.165) is 0 Å². The molecule has 0 aliphatic heterocycles. The van der Waals surface area contributed by atoms with E-state index in [9.17, 15) is 9.90 Å². The summed E-state index contributed by atoms with van der Waals surface area (Å²) in [6, 6.07) is 4.65. The lowest BCUT2D eigenvalue weighted by Gasteiger charge is -1.99. The summed E-state index contributed by atoms with van der Waals surface area (Å²) in [5, 5.41) is 17.8. The van der Waals surface area contributed by atoms with Crippen molar-refractivity contribution in [1.29, 1.82) is 0 Å². The molecule has 1 aromatic carbocycles. The second-order valence-corrected chi connectivity index (χ2v) is 2.94. The molecule has 14 heavy (non-hydrogen) atoms. The molecule has 5 nitrogen and oxygen atoms in total. The lowest BCUT2D eigenvalue weighted by Crippen LogP contribution is -2.07. The zero-order valence-electron chi connectivity index (χ0n) is 7.21. The number of aromatic hydroxyl groups is 1. The van der Waals surface area contributed by atoms with Gasteiger partial charge in [-0.2, -0.15) is 0 Å². The van der Waals surface area contributed by atoms with Crippen LogP contribution in [-0.2, 0) is 11.3 Å². The van der Waals surface area contributed by atoms with Crippen molar-refractivity contribution in [2.45, 2.75) is 6.54 Å². The number of rotatable bonds is 2. The van der Waals surface area contributed by atoms with E-state index >= 15 is 0 Å². The second-order valence-electron chi connectivity index (χ2n) is 2.94. The molecule has 0 aliphatic carbocycles. The maximum Gasteiger partial charge on any atom is 0.323 e. The predicted molar refractivity (Wildman–Crippen MR) is 49.0 cm³/mol. The molecule has 0 fully saturated rings. The minimum Gasteiger partial charge on any atom is -0.508 e. The van der Waals surface area contributed by atoms with Gasteiger partial charge in [0.25, 0.3) is 0 Å². The Morgan fingerprint density at radius 2 is 2.29 bits per heavy atom. The summed E-state index contributed by atoms with van der Waals surface area (Å²) in [6.45, 7) is -0.153. The number of imidazole rings is 1. The van der Waals surface area contributed by atoms with E-state index in [4.69, 9.17) is 5.11 Å². The minimum absolute atomic E-state index is 0.102. The molecule has 2 rings (SSSR count). The van der Waals surface area contributed by atoms with Crippen molar-refractivity contribution < 1.29 is 15.0 Å². The van der Waals surface area contributed by atoms with Crippen LogP contribution in [0.4, 0.5) is 0 Å². The van der Waals surface area contributed by atoms with Gasteiger partial charge in [-0.05, 0) is 12.1 Å². The highest BCUT2D eigenvalue weighted by atomic mass is 16.4. The normalized spacial score (nSPS) is 10.6. The Bertz CT molecular complexity index is 490. The van der Waals surface area contributed by atoms with Crippen LogP contribution in [0.5, 0.6) is 5.75 Å². The predicted octanol–water partition coefficient (Wildman–Crippen LogP) is 0.827. The SMILES string of the molecule is O=C(O)Cn1cnc2ccc(O)cc21. The third kappa shape index (κ3) is 1.39. The molecule has 0 spiro atoms. The fourth-order valence-corrected chi connectivity index (χ4v) is 1.32. The molecule has 0 saturated carbocycles. The van der Waals surface area contributed by atoms with Crippen LogP contribution in [0.15, 0.2) is 24.5 Å². The molecule has 0 atom stereocenters. The molecule has 5 heteroatoms. The molecular weight excluding hydrogens is 184 g/mol. The van der Waals surface area contributed by atoms with Crippen molar-refractivity contribution in [3.8, 4) is 5.75 Å². The number of carbonyl (C=O) groups is 1. The summed E-state index contributed by atoms with van der Waals surface area (Å²) < 4.78 is 1.47. The third-order valence-electron chi connectivity index (χ3n) is 1.91. The Hall–Kier alpha value is -2.04.